The lowest BCUT2D eigenvalue weighted by molar-refractivity contribution is -0.384. The number of halogens is 2. The number of aliphatic hydroxyl groups excluding tert-OH is 1. The molecule has 0 bridgehead atoms. The Morgan fingerprint density at radius 3 is 2.43 bits per heavy atom. The van der Waals surface area contributed by atoms with Gasteiger partial charge in [0.15, 0.2) is 0 Å². The molecule has 0 saturated heterocycles. The van der Waals surface area contributed by atoms with Crippen molar-refractivity contribution in [1.82, 2.24) is 4.98 Å². The third-order valence-corrected chi connectivity index (χ3v) is 5.37. The van der Waals surface area contributed by atoms with Gasteiger partial charge in [-0.15, -0.1) is 0 Å². The van der Waals surface area contributed by atoms with Crippen molar-refractivity contribution in [3.8, 4) is 11.1 Å². The van der Waals surface area contributed by atoms with E-state index in [0.29, 0.717) is 32.6 Å². The molecule has 0 saturated carbocycles. The number of pyridine rings is 1. The van der Waals surface area contributed by atoms with Gasteiger partial charge in [-0.1, -0.05) is 70.0 Å². The van der Waals surface area contributed by atoms with Crippen LogP contribution in [-0.2, 0) is 0 Å². The van der Waals surface area contributed by atoms with Gasteiger partial charge in [-0.3, -0.25) is 10.1 Å². The molecule has 4 aromatic rings. The number of rotatable bonds is 4. The van der Waals surface area contributed by atoms with Gasteiger partial charge in [0.1, 0.15) is 11.5 Å². The van der Waals surface area contributed by atoms with Crippen molar-refractivity contribution in [3.05, 3.63) is 104 Å². The van der Waals surface area contributed by atoms with Crippen molar-refractivity contribution < 1.29 is 10.0 Å². The molecule has 0 atom stereocenters. The van der Waals surface area contributed by atoms with Crippen LogP contribution in [0.4, 0.5) is 5.69 Å². The number of fused-ring (bicyclic) bond motifs is 1. The van der Waals surface area contributed by atoms with E-state index in [1.54, 1.807) is 54.6 Å². The van der Waals surface area contributed by atoms with Crippen LogP contribution in [0.5, 0.6) is 0 Å². The summed E-state index contributed by atoms with van der Waals surface area (Å²) in [5.74, 6) is -0.120. The molecule has 0 unspecified atom stereocenters. The summed E-state index contributed by atoms with van der Waals surface area (Å²) in [6.45, 7) is 0. The van der Waals surface area contributed by atoms with Gasteiger partial charge in [-0.05, 0) is 35.9 Å². The lowest BCUT2D eigenvalue weighted by Gasteiger charge is -2.11. The van der Waals surface area contributed by atoms with Crippen molar-refractivity contribution in [3.63, 3.8) is 0 Å². The van der Waals surface area contributed by atoms with Crippen molar-refractivity contribution in [2.24, 2.45) is 0 Å². The van der Waals surface area contributed by atoms with Crippen LogP contribution in [0.25, 0.3) is 33.9 Å². The summed E-state index contributed by atoms with van der Waals surface area (Å²) < 4.78 is 0.858. The van der Waals surface area contributed by atoms with Gasteiger partial charge >= 0.3 is 5.69 Å². The van der Waals surface area contributed by atoms with Crippen LogP contribution in [0.3, 0.4) is 0 Å². The molecule has 0 aliphatic rings. The van der Waals surface area contributed by atoms with Gasteiger partial charge in [0.05, 0.1) is 16.0 Å². The summed E-state index contributed by atoms with van der Waals surface area (Å²) in [4.78, 5) is 16.1. The van der Waals surface area contributed by atoms with Gasteiger partial charge in [0, 0.05) is 26.5 Å². The van der Waals surface area contributed by atoms with Crippen LogP contribution in [0.1, 0.15) is 11.3 Å². The summed E-state index contributed by atoms with van der Waals surface area (Å²) in [6, 6.07) is 21.1. The maximum atomic E-state index is 12.1. The molecule has 1 heterocycles. The highest BCUT2D eigenvalue weighted by Crippen LogP contribution is 2.40. The number of nitro groups is 1. The molecule has 0 fully saturated rings. The van der Waals surface area contributed by atoms with E-state index in [-0.39, 0.29) is 17.1 Å². The van der Waals surface area contributed by atoms with Crippen molar-refractivity contribution in [2.45, 2.75) is 0 Å². The third kappa shape index (κ3) is 3.92. The quantitative estimate of drug-likeness (QED) is 0.189. The Kier molecular flexibility index (Phi) is 5.53. The van der Waals surface area contributed by atoms with Gasteiger partial charge < -0.3 is 5.11 Å². The molecule has 0 spiro atoms. The Balaban J connectivity index is 2.04. The van der Waals surface area contributed by atoms with Crippen LogP contribution in [-0.4, -0.2) is 15.0 Å². The van der Waals surface area contributed by atoms with Crippen LogP contribution < -0.4 is 0 Å². The van der Waals surface area contributed by atoms with E-state index in [2.05, 4.69) is 20.9 Å². The molecule has 1 aromatic heterocycles. The smallest absolute Gasteiger partial charge is 0.303 e. The van der Waals surface area contributed by atoms with E-state index in [4.69, 9.17) is 11.6 Å². The molecule has 0 aliphatic carbocycles. The highest BCUT2D eigenvalue weighted by molar-refractivity contribution is 9.10. The number of aliphatic hydroxyl groups is 1. The standard InChI is InChI=1S/C23H14BrClN2O3/c24-16-8-6-14(7-9-16)21(28)13-20-23(27(29)30)22(15-4-2-1-3-5-15)18-12-17(25)10-11-19(18)26-20/h1-13,28H. The number of hydrogen-bond acceptors (Lipinski definition) is 4. The van der Waals surface area contributed by atoms with Gasteiger partial charge in [0.2, 0.25) is 0 Å². The highest BCUT2D eigenvalue weighted by Gasteiger charge is 2.25. The molecule has 0 amide bonds. The van der Waals surface area contributed by atoms with Crippen molar-refractivity contribution >= 4 is 56.0 Å². The largest absolute Gasteiger partial charge is 0.507 e. The number of hydrogen-bond donors (Lipinski definition) is 1. The average molecular weight is 482 g/mol. The lowest BCUT2D eigenvalue weighted by Crippen LogP contribution is -2.00. The lowest BCUT2D eigenvalue weighted by atomic mass is 9.97. The fourth-order valence-electron chi connectivity index (χ4n) is 3.26. The number of nitrogens with zero attached hydrogens (tertiary/aromatic N) is 2. The van der Waals surface area contributed by atoms with Crippen LogP contribution in [0.2, 0.25) is 5.02 Å². The van der Waals surface area contributed by atoms with Gasteiger partial charge in [-0.2, -0.15) is 0 Å². The Morgan fingerprint density at radius 2 is 1.77 bits per heavy atom. The highest BCUT2D eigenvalue weighted by atomic mass is 79.9. The summed E-state index contributed by atoms with van der Waals surface area (Å²) in [5.41, 5.74) is 2.00. The second kappa shape index (κ2) is 8.26. The fraction of sp³-hybridized carbons (Fsp3) is 0. The normalized spacial score (nSPS) is 11.6. The number of benzene rings is 3. The van der Waals surface area contributed by atoms with E-state index < -0.39 is 4.92 Å². The maximum Gasteiger partial charge on any atom is 0.303 e. The SMILES string of the molecule is O=[N+]([O-])c1c(C=C(O)c2ccc(Br)cc2)nc2ccc(Cl)cc2c1-c1ccccc1. The van der Waals surface area contributed by atoms with Crippen LogP contribution in [0.15, 0.2) is 77.3 Å². The average Bonchev–Trinajstić information content (AvgIpc) is 2.74. The first-order valence-electron chi connectivity index (χ1n) is 8.93. The van der Waals surface area contributed by atoms with E-state index in [0.717, 1.165) is 4.47 Å². The topological polar surface area (TPSA) is 76.3 Å². The molecule has 4 rings (SSSR count). The minimum absolute atomic E-state index is 0.0640. The summed E-state index contributed by atoms with van der Waals surface area (Å²) in [7, 11) is 0. The Labute approximate surface area is 185 Å². The summed E-state index contributed by atoms with van der Waals surface area (Å²) in [5, 5.41) is 23.8. The predicted octanol–water partition coefficient (Wildman–Crippen LogP) is 7.28. The zero-order chi connectivity index (χ0) is 21.3. The van der Waals surface area contributed by atoms with Crippen molar-refractivity contribution in [2.75, 3.05) is 0 Å². The third-order valence-electron chi connectivity index (χ3n) is 4.61. The first-order chi connectivity index (χ1) is 14.4. The van der Waals surface area contributed by atoms with E-state index >= 15 is 0 Å². The first kappa shape index (κ1) is 20.1. The molecule has 7 heteroatoms. The predicted molar refractivity (Wildman–Crippen MR) is 123 cm³/mol. The van der Waals surface area contributed by atoms with Gasteiger partial charge in [-0.25, -0.2) is 4.98 Å². The van der Waals surface area contributed by atoms with Gasteiger partial charge in [0.25, 0.3) is 0 Å². The monoisotopic (exact) mass is 480 g/mol. The molecule has 0 aliphatic heterocycles. The van der Waals surface area contributed by atoms with Crippen molar-refractivity contribution in [1.29, 1.82) is 0 Å². The molecular weight excluding hydrogens is 468 g/mol. The zero-order valence-electron chi connectivity index (χ0n) is 15.4. The molecule has 3 aromatic carbocycles. The molecular formula is C23H14BrClN2O3. The molecule has 30 heavy (non-hydrogen) atoms. The Bertz CT molecular complexity index is 1290. The minimum atomic E-state index is -0.476. The summed E-state index contributed by atoms with van der Waals surface area (Å²) >= 11 is 9.52. The number of aromatic nitrogens is 1. The van der Waals surface area contributed by atoms with E-state index in [1.165, 1.54) is 6.08 Å². The Hall–Kier alpha value is -3.22. The van der Waals surface area contributed by atoms with E-state index in [9.17, 15) is 15.2 Å². The molecule has 1 N–H and O–H groups in total. The summed E-state index contributed by atoms with van der Waals surface area (Å²) in [6.07, 6.45) is 1.32. The fourth-order valence-corrected chi connectivity index (χ4v) is 3.70. The Morgan fingerprint density at radius 1 is 1.07 bits per heavy atom. The molecule has 5 nitrogen and oxygen atoms in total. The zero-order valence-corrected chi connectivity index (χ0v) is 17.8. The second-order valence-electron chi connectivity index (χ2n) is 6.54. The van der Waals surface area contributed by atoms with E-state index in [1.807, 2.05) is 18.2 Å². The molecule has 0 radical (unpaired) electrons. The molecule has 148 valence electrons. The van der Waals surface area contributed by atoms with Crippen LogP contribution in [0, 0.1) is 10.1 Å². The first-order valence-corrected chi connectivity index (χ1v) is 10.1. The maximum absolute atomic E-state index is 12.1. The second-order valence-corrected chi connectivity index (χ2v) is 7.89. The van der Waals surface area contributed by atoms with Crippen LogP contribution >= 0.6 is 27.5 Å². The minimum Gasteiger partial charge on any atom is -0.507 e.